The van der Waals surface area contributed by atoms with Gasteiger partial charge in [0.15, 0.2) is 0 Å². The van der Waals surface area contributed by atoms with Crippen molar-refractivity contribution in [1.29, 1.82) is 0 Å². The van der Waals surface area contributed by atoms with E-state index in [0.29, 0.717) is 0 Å². The van der Waals surface area contributed by atoms with E-state index < -0.39 is 6.36 Å². The number of aryl methyl sites for hydroxylation is 1. The van der Waals surface area contributed by atoms with E-state index in [1.807, 2.05) is 22.6 Å². The molecule has 0 aliphatic carbocycles. The molecular formula is C10H9BrF3IO. The number of benzene rings is 1. The highest BCUT2D eigenvalue weighted by Crippen LogP contribution is 2.26. The summed E-state index contributed by atoms with van der Waals surface area (Å²) in [4.78, 5) is 0. The van der Waals surface area contributed by atoms with Gasteiger partial charge in [0.05, 0.1) is 0 Å². The summed E-state index contributed by atoms with van der Waals surface area (Å²) >= 11 is 5.32. The fourth-order valence-corrected chi connectivity index (χ4v) is 2.22. The molecule has 0 aliphatic heterocycles. The van der Waals surface area contributed by atoms with Gasteiger partial charge >= 0.3 is 6.36 Å². The molecule has 1 nitrogen and oxygen atoms in total. The maximum Gasteiger partial charge on any atom is 0.573 e. The third-order valence-electron chi connectivity index (χ3n) is 1.84. The Morgan fingerprint density at radius 3 is 2.50 bits per heavy atom. The number of rotatable bonds is 4. The van der Waals surface area contributed by atoms with E-state index in [4.69, 9.17) is 0 Å². The van der Waals surface area contributed by atoms with E-state index in [2.05, 4.69) is 20.7 Å². The van der Waals surface area contributed by atoms with Crippen molar-refractivity contribution in [2.24, 2.45) is 0 Å². The predicted octanol–water partition coefficient (Wildman–Crippen LogP) is 4.52. The van der Waals surface area contributed by atoms with Crippen molar-refractivity contribution in [1.82, 2.24) is 0 Å². The van der Waals surface area contributed by atoms with Gasteiger partial charge in [-0.15, -0.1) is 13.2 Å². The molecule has 0 heterocycles. The van der Waals surface area contributed by atoms with E-state index in [-0.39, 0.29) is 5.75 Å². The van der Waals surface area contributed by atoms with Crippen LogP contribution in [0.1, 0.15) is 12.0 Å². The molecule has 16 heavy (non-hydrogen) atoms. The van der Waals surface area contributed by atoms with Crippen LogP contribution in [-0.4, -0.2) is 11.7 Å². The largest absolute Gasteiger partial charge is 0.573 e. The van der Waals surface area contributed by atoms with Crippen LogP contribution in [0, 0.1) is 3.57 Å². The Bertz CT molecular complexity index is 354. The highest BCUT2D eigenvalue weighted by atomic mass is 127. The fourth-order valence-electron chi connectivity index (χ4n) is 1.19. The first-order valence-corrected chi connectivity index (χ1v) is 6.72. The molecule has 1 aromatic rings. The zero-order valence-corrected chi connectivity index (χ0v) is 11.9. The Morgan fingerprint density at radius 1 is 1.31 bits per heavy atom. The molecule has 0 fully saturated rings. The lowest BCUT2D eigenvalue weighted by Crippen LogP contribution is -2.17. The maximum absolute atomic E-state index is 11.9. The second-order valence-corrected chi connectivity index (χ2v) is 5.05. The summed E-state index contributed by atoms with van der Waals surface area (Å²) in [6, 6.07) is 4.42. The second-order valence-electron chi connectivity index (χ2n) is 3.09. The van der Waals surface area contributed by atoms with Crippen molar-refractivity contribution >= 4 is 38.5 Å². The lowest BCUT2D eigenvalue weighted by molar-refractivity contribution is -0.274. The summed E-state index contributed by atoms with van der Waals surface area (Å²) in [6.07, 6.45) is -2.83. The average molecular weight is 409 g/mol. The third-order valence-corrected chi connectivity index (χ3v) is 3.40. The fraction of sp³-hybridized carbons (Fsp3) is 0.400. The zero-order valence-electron chi connectivity index (χ0n) is 8.15. The SMILES string of the molecule is FC(F)(F)Oc1ccc(CCCBr)c(I)c1. The minimum absolute atomic E-state index is 0.167. The molecule has 0 N–H and O–H groups in total. The Kier molecular flexibility index (Phi) is 5.36. The lowest BCUT2D eigenvalue weighted by Gasteiger charge is -2.10. The van der Waals surface area contributed by atoms with E-state index in [1.165, 1.54) is 12.1 Å². The Labute approximate surface area is 114 Å². The molecule has 1 aromatic carbocycles. The molecule has 0 spiro atoms. The first kappa shape index (κ1) is 14.1. The highest BCUT2D eigenvalue weighted by Gasteiger charge is 2.31. The monoisotopic (exact) mass is 408 g/mol. The van der Waals surface area contributed by atoms with Gasteiger partial charge in [-0.25, -0.2) is 0 Å². The van der Waals surface area contributed by atoms with Gasteiger partial charge in [-0.3, -0.25) is 0 Å². The minimum atomic E-state index is -4.62. The van der Waals surface area contributed by atoms with E-state index in [9.17, 15) is 13.2 Å². The molecule has 0 saturated heterocycles. The van der Waals surface area contributed by atoms with Crippen LogP contribution >= 0.6 is 38.5 Å². The van der Waals surface area contributed by atoms with Gasteiger partial charge in [0.2, 0.25) is 0 Å². The molecule has 90 valence electrons. The number of hydrogen-bond acceptors (Lipinski definition) is 1. The summed E-state index contributed by atoms with van der Waals surface area (Å²) < 4.78 is 40.5. The summed E-state index contributed by atoms with van der Waals surface area (Å²) in [5, 5.41) is 0.879. The van der Waals surface area contributed by atoms with E-state index >= 15 is 0 Å². The Morgan fingerprint density at radius 2 is 2.00 bits per heavy atom. The normalized spacial score (nSPS) is 11.6. The van der Waals surface area contributed by atoms with Crippen molar-refractivity contribution in [2.75, 3.05) is 5.33 Å². The molecule has 6 heteroatoms. The number of halogens is 5. The Hall–Kier alpha value is 0.0200. The van der Waals surface area contributed by atoms with Crippen molar-refractivity contribution in [3.63, 3.8) is 0 Å². The van der Waals surface area contributed by atoms with Crippen molar-refractivity contribution in [3.8, 4) is 5.75 Å². The average Bonchev–Trinajstić information content (AvgIpc) is 2.14. The standard InChI is InChI=1S/C10H9BrF3IO/c11-5-1-2-7-3-4-8(6-9(7)15)16-10(12,13)14/h3-4,6H,1-2,5H2. The van der Waals surface area contributed by atoms with Crippen molar-refractivity contribution in [3.05, 3.63) is 27.3 Å². The number of hydrogen-bond donors (Lipinski definition) is 0. The van der Waals surface area contributed by atoms with Crippen LogP contribution in [0.4, 0.5) is 13.2 Å². The van der Waals surface area contributed by atoms with Gasteiger partial charge in [-0.2, -0.15) is 0 Å². The second kappa shape index (κ2) is 6.09. The molecule has 0 aliphatic rings. The molecule has 0 unspecified atom stereocenters. The molecule has 0 aromatic heterocycles. The number of alkyl halides is 4. The van der Waals surface area contributed by atoms with Crippen LogP contribution in [0.3, 0.4) is 0 Å². The zero-order chi connectivity index (χ0) is 12.2. The molecule has 0 amide bonds. The van der Waals surface area contributed by atoms with Gasteiger partial charge in [0.25, 0.3) is 0 Å². The smallest absolute Gasteiger partial charge is 0.406 e. The Balaban J connectivity index is 2.74. The van der Waals surface area contributed by atoms with Gasteiger partial charge in [0.1, 0.15) is 5.75 Å². The first-order valence-electron chi connectivity index (χ1n) is 4.52. The third kappa shape index (κ3) is 4.90. The van der Waals surface area contributed by atoms with Gasteiger partial charge in [-0.05, 0) is 53.1 Å². The molecule has 1 rings (SSSR count). The van der Waals surface area contributed by atoms with Crippen molar-refractivity contribution < 1.29 is 17.9 Å². The van der Waals surface area contributed by atoms with Crippen LogP contribution < -0.4 is 4.74 Å². The van der Waals surface area contributed by atoms with Crippen LogP contribution in [0.5, 0.6) is 5.75 Å². The van der Waals surface area contributed by atoms with Crippen LogP contribution in [-0.2, 0) is 6.42 Å². The summed E-state index contributed by atoms with van der Waals surface area (Å²) in [6.45, 7) is 0. The molecule has 0 saturated carbocycles. The predicted molar refractivity (Wildman–Crippen MR) is 68.0 cm³/mol. The minimum Gasteiger partial charge on any atom is -0.406 e. The van der Waals surface area contributed by atoms with Crippen molar-refractivity contribution in [2.45, 2.75) is 19.2 Å². The molecule has 0 atom stereocenters. The highest BCUT2D eigenvalue weighted by molar-refractivity contribution is 14.1. The van der Waals surface area contributed by atoms with Crippen LogP contribution in [0.2, 0.25) is 0 Å². The molecule has 0 radical (unpaired) electrons. The van der Waals surface area contributed by atoms with Crippen LogP contribution in [0.15, 0.2) is 18.2 Å². The van der Waals surface area contributed by atoms with E-state index in [0.717, 1.165) is 27.3 Å². The van der Waals surface area contributed by atoms with Gasteiger partial charge < -0.3 is 4.74 Å². The van der Waals surface area contributed by atoms with E-state index in [1.54, 1.807) is 6.07 Å². The van der Waals surface area contributed by atoms with Crippen LogP contribution in [0.25, 0.3) is 0 Å². The lowest BCUT2D eigenvalue weighted by atomic mass is 10.1. The maximum atomic E-state index is 11.9. The number of ether oxygens (including phenoxy) is 1. The molecular weight excluding hydrogens is 400 g/mol. The summed E-state index contributed by atoms with van der Waals surface area (Å²) in [7, 11) is 0. The summed E-state index contributed by atoms with van der Waals surface area (Å²) in [5.74, 6) is -0.167. The van der Waals surface area contributed by atoms with Gasteiger partial charge in [0, 0.05) is 8.90 Å². The summed E-state index contributed by atoms with van der Waals surface area (Å²) in [5.41, 5.74) is 1.04. The molecule has 0 bridgehead atoms. The van der Waals surface area contributed by atoms with Gasteiger partial charge in [-0.1, -0.05) is 22.0 Å². The quantitative estimate of drug-likeness (QED) is 0.525. The topological polar surface area (TPSA) is 9.23 Å². The first-order chi connectivity index (χ1) is 7.42.